The Hall–Kier alpha value is -2.29. The number of hydrogen-bond donors (Lipinski definition) is 1. The molecular formula is C27H37Cl2N3O4S. The van der Waals surface area contributed by atoms with Crippen molar-refractivity contribution in [3.63, 3.8) is 0 Å². The highest BCUT2D eigenvalue weighted by Crippen LogP contribution is 2.30. The molecule has 0 bridgehead atoms. The van der Waals surface area contributed by atoms with E-state index in [9.17, 15) is 18.0 Å². The van der Waals surface area contributed by atoms with Crippen molar-refractivity contribution in [2.45, 2.75) is 72.0 Å². The molecule has 0 saturated carbocycles. The average Bonchev–Trinajstić information content (AvgIpc) is 2.83. The molecule has 2 unspecified atom stereocenters. The number of carbonyl (C=O) groups is 2. The van der Waals surface area contributed by atoms with Crippen LogP contribution >= 0.6 is 23.2 Å². The van der Waals surface area contributed by atoms with Crippen LogP contribution in [0.4, 0.5) is 5.69 Å². The van der Waals surface area contributed by atoms with Gasteiger partial charge < -0.3 is 10.2 Å². The van der Waals surface area contributed by atoms with Crippen molar-refractivity contribution in [2.75, 3.05) is 17.1 Å². The summed E-state index contributed by atoms with van der Waals surface area (Å²) in [5, 5.41) is 3.65. The predicted octanol–water partition coefficient (Wildman–Crippen LogP) is 5.60. The zero-order chi connectivity index (χ0) is 27.9. The molecule has 10 heteroatoms. The van der Waals surface area contributed by atoms with E-state index in [2.05, 4.69) is 5.32 Å². The number of para-hydroxylation sites is 1. The second kappa shape index (κ2) is 13.5. The number of nitrogens with zero attached hydrogens (tertiary/aromatic N) is 2. The summed E-state index contributed by atoms with van der Waals surface area (Å²) in [6.45, 7) is 9.21. The number of anilines is 1. The van der Waals surface area contributed by atoms with Crippen LogP contribution in [-0.4, -0.2) is 50.0 Å². The van der Waals surface area contributed by atoms with Crippen LogP contribution in [-0.2, 0) is 26.2 Å². The highest BCUT2D eigenvalue weighted by atomic mass is 35.5. The van der Waals surface area contributed by atoms with Gasteiger partial charge in [-0.05, 0) is 55.0 Å². The van der Waals surface area contributed by atoms with Gasteiger partial charge in [0, 0.05) is 12.6 Å². The van der Waals surface area contributed by atoms with E-state index >= 15 is 0 Å². The molecule has 0 heterocycles. The first kappa shape index (κ1) is 30.9. The predicted molar refractivity (Wildman–Crippen MR) is 152 cm³/mol. The molecule has 2 rings (SSSR count). The van der Waals surface area contributed by atoms with E-state index in [1.807, 2.05) is 46.8 Å². The third kappa shape index (κ3) is 8.35. The summed E-state index contributed by atoms with van der Waals surface area (Å²) in [7, 11) is -3.82. The molecule has 37 heavy (non-hydrogen) atoms. The molecule has 0 aliphatic carbocycles. The molecule has 0 aliphatic heterocycles. The van der Waals surface area contributed by atoms with Crippen LogP contribution in [0, 0.1) is 0 Å². The van der Waals surface area contributed by atoms with E-state index in [0.717, 1.165) is 22.5 Å². The van der Waals surface area contributed by atoms with Gasteiger partial charge in [0.05, 0.1) is 22.0 Å². The molecule has 0 fully saturated rings. The van der Waals surface area contributed by atoms with Gasteiger partial charge in [-0.15, -0.1) is 0 Å². The third-order valence-electron chi connectivity index (χ3n) is 6.23. The van der Waals surface area contributed by atoms with Crippen LogP contribution in [0.1, 0.15) is 64.5 Å². The topological polar surface area (TPSA) is 86.8 Å². The van der Waals surface area contributed by atoms with Gasteiger partial charge in [-0.1, -0.05) is 75.2 Å². The summed E-state index contributed by atoms with van der Waals surface area (Å²) in [6.07, 6.45) is 2.15. The monoisotopic (exact) mass is 569 g/mol. The quantitative estimate of drug-likeness (QED) is 0.360. The second-order valence-corrected chi connectivity index (χ2v) is 12.2. The van der Waals surface area contributed by atoms with Gasteiger partial charge in [-0.2, -0.15) is 0 Å². The maximum Gasteiger partial charge on any atom is 0.244 e. The zero-order valence-electron chi connectivity index (χ0n) is 22.3. The Morgan fingerprint density at radius 3 is 2.16 bits per heavy atom. The Kier molecular flexibility index (Phi) is 11.3. The average molecular weight is 571 g/mol. The highest BCUT2D eigenvalue weighted by Gasteiger charge is 2.33. The fourth-order valence-electron chi connectivity index (χ4n) is 3.99. The van der Waals surface area contributed by atoms with Crippen LogP contribution in [0.15, 0.2) is 42.5 Å². The van der Waals surface area contributed by atoms with Crippen molar-refractivity contribution >= 4 is 50.7 Å². The van der Waals surface area contributed by atoms with Crippen molar-refractivity contribution in [2.24, 2.45) is 0 Å². The van der Waals surface area contributed by atoms with Crippen LogP contribution < -0.4 is 9.62 Å². The largest absolute Gasteiger partial charge is 0.352 e. The smallest absolute Gasteiger partial charge is 0.244 e. The second-order valence-electron chi connectivity index (χ2n) is 9.50. The summed E-state index contributed by atoms with van der Waals surface area (Å²) in [4.78, 5) is 28.5. The molecule has 0 aromatic heterocycles. The summed E-state index contributed by atoms with van der Waals surface area (Å²) in [5.41, 5.74) is 1.92. The van der Waals surface area contributed by atoms with Gasteiger partial charge in [0.15, 0.2) is 0 Å². The molecule has 2 amide bonds. The molecule has 2 aromatic rings. The van der Waals surface area contributed by atoms with Crippen molar-refractivity contribution < 1.29 is 18.0 Å². The van der Waals surface area contributed by atoms with Crippen LogP contribution in [0.25, 0.3) is 0 Å². The minimum Gasteiger partial charge on any atom is -0.352 e. The maximum atomic E-state index is 13.9. The summed E-state index contributed by atoms with van der Waals surface area (Å²) in [6, 6.07) is 11.2. The molecule has 204 valence electrons. The van der Waals surface area contributed by atoms with Crippen molar-refractivity contribution in [1.29, 1.82) is 0 Å². The van der Waals surface area contributed by atoms with E-state index in [0.29, 0.717) is 27.7 Å². The van der Waals surface area contributed by atoms with Gasteiger partial charge in [-0.25, -0.2) is 8.42 Å². The van der Waals surface area contributed by atoms with E-state index in [-0.39, 0.29) is 24.4 Å². The van der Waals surface area contributed by atoms with Crippen LogP contribution in [0.3, 0.4) is 0 Å². The molecule has 1 N–H and O–H groups in total. The van der Waals surface area contributed by atoms with E-state index < -0.39 is 28.5 Å². The molecule has 2 atom stereocenters. The van der Waals surface area contributed by atoms with Crippen molar-refractivity contribution in [3.05, 3.63) is 63.6 Å². The number of nitrogens with one attached hydrogen (secondary N) is 1. The van der Waals surface area contributed by atoms with Gasteiger partial charge in [0.2, 0.25) is 21.8 Å². The van der Waals surface area contributed by atoms with Gasteiger partial charge in [-0.3, -0.25) is 13.9 Å². The van der Waals surface area contributed by atoms with Crippen LogP contribution in [0.5, 0.6) is 0 Å². The van der Waals surface area contributed by atoms with E-state index in [1.165, 1.54) is 4.90 Å². The Morgan fingerprint density at radius 1 is 0.973 bits per heavy atom. The van der Waals surface area contributed by atoms with Crippen molar-refractivity contribution in [1.82, 2.24) is 10.2 Å². The first-order valence-electron chi connectivity index (χ1n) is 12.4. The SMILES string of the molecule is CCC(C)NC(=O)C(CC)N(Cc1ccc(Cl)c(Cl)c1)C(=O)CN(c1ccccc1C(C)C)S(C)(=O)=O. The molecule has 7 nitrogen and oxygen atoms in total. The van der Waals surface area contributed by atoms with Crippen LogP contribution in [0.2, 0.25) is 10.0 Å². The van der Waals surface area contributed by atoms with E-state index in [1.54, 1.807) is 30.3 Å². The number of amides is 2. The zero-order valence-corrected chi connectivity index (χ0v) is 24.6. The summed E-state index contributed by atoms with van der Waals surface area (Å²) < 4.78 is 26.9. The Morgan fingerprint density at radius 2 is 1.62 bits per heavy atom. The lowest BCUT2D eigenvalue weighted by molar-refractivity contribution is -0.140. The first-order chi connectivity index (χ1) is 17.3. The Bertz CT molecular complexity index is 1200. The lowest BCUT2D eigenvalue weighted by Gasteiger charge is -2.34. The summed E-state index contributed by atoms with van der Waals surface area (Å²) >= 11 is 12.3. The number of rotatable bonds is 12. The number of sulfonamides is 1. The lowest BCUT2D eigenvalue weighted by Crippen LogP contribution is -2.53. The Labute approximate surface area is 231 Å². The number of carbonyl (C=O) groups excluding carboxylic acids is 2. The Balaban J connectivity index is 2.53. The molecule has 0 saturated heterocycles. The normalized spacial score (nSPS) is 13.2. The fourth-order valence-corrected chi connectivity index (χ4v) is 5.18. The standard InChI is InChI=1S/C27H37Cl2N3O4S/c1-7-19(5)30-27(34)24(8-2)31(16-20-13-14-22(28)23(29)15-20)26(33)17-32(37(6,35)36)25-12-10-9-11-21(25)18(3)4/h9-15,18-19,24H,7-8,16-17H2,1-6H3,(H,30,34). The maximum absolute atomic E-state index is 13.9. The lowest BCUT2D eigenvalue weighted by atomic mass is 10.0. The molecular weight excluding hydrogens is 533 g/mol. The van der Waals surface area contributed by atoms with Gasteiger partial charge in [0.1, 0.15) is 12.6 Å². The number of benzene rings is 2. The number of hydrogen-bond acceptors (Lipinski definition) is 4. The highest BCUT2D eigenvalue weighted by molar-refractivity contribution is 7.92. The fraction of sp³-hybridized carbons (Fsp3) is 0.481. The summed E-state index contributed by atoms with van der Waals surface area (Å²) in [5.74, 6) is -0.757. The van der Waals surface area contributed by atoms with Crippen molar-refractivity contribution in [3.8, 4) is 0 Å². The molecule has 0 aliphatic rings. The minimum atomic E-state index is -3.82. The van der Waals surface area contributed by atoms with E-state index in [4.69, 9.17) is 23.2 Å². The molecule has 0 radical (unpaired) electrons. The number of halogens is 2. The third-order valence-corrected chi connectivity index (χ3v) is 8.10. The minimum absolute atomic E-state index is 0.0348. The van der Waals surface area contributed by atoms with Gasteiger partial charge in [0.25, 0.3) is 0 Å². The molecule has 0 spiro atoms. The first-order valence-corrected chi connectivity index (χ1v) is 15.0. The van der Waals surface area contributed by atoms with Gasteiger partial charge >= 0.3 is 0 Å². The molecule has 2 aromatic carbocycles.